The first-order chi connectivity index (χ1) is 7.63. The number of hydrogen-bond donors (Lipinski definition) is 0. The van der Waals surface area contributed by atoms with Crippen LogP contribution in [0.4, 0.5) is 5.82 Å². The summed E-state index contributed by atoms with van der Waals surface area (Å²) in [6.07, 6.45) is 3.88. The Balaban J connectivity index is 2.95. The van der Waals surface area contributed by atoms with Crippen LogP contribution in [0.2, 0.25) is 5.02 Å². The van der Waals surface area contributed by atoms with E-state index in [1.54, 1.807) is 6.20 Å². The van der Waals surface area contributed by atoms with Crippen LogP contribution >= 0.6 is 23.2 Å². The van der Waals surface area contributed by atoms with Crippen LogP contribution in [-0.2, 0) is 5.88 Å². The molecule has 0 aliphatic carbocycles. The average Bonchev–Trinajstić information content (AvgIpc) is 2.31. The first-order valence-electron chi connectivity index (χ1n) is 5.57. The van der Waals surface area contributed by atoms with E-state index in [1.165, 1.54) is 0 Å². The Morgan fingerprint density at radius 2 is 2.00 bits per heavy atom. The lowest BCUT2D eigenvalue weighted by molar-refractivity contribution is 0.586. The van der Waals surface area contributed by atoms with E-state index in [2.05, 4.69) is 30.8 Å². The molecule has 0 unspecified atom stereocenters. The lowest BCUT2D eigenvalue weighted by Crippen LogP contribution is -2.31. The summed E-state index contributed by atoms with van der Waals surface area (Å²) < 4.78 is 0. The topological polar surface area (TPSA) is 16.1 Å². The van der Waals surface area contributed by atoms with Crippen molar-refractivity contribution in [2.75, 3.05) is 11.9 Å². The van der Waals surface area contributed by atoms with E-state index >= 15 is 0 Å². The van der Waals surface area contributed by atoms with E-state index in [9.17, 15) is 0 Å². The largest absolute Gasteiger partial charge is 0.357 e. The molecule has 4 heteroatoms. The van der Waals surface area contributed by atoms with Crippen molar-refractivity contribution in [3.8, 4) is 0 Å². The fourth-order valence-corrected chi connectivity index (χ4v) is 2.25. The maximum atomic E-state index is 5.98. The van der Waals surface area contributed by atoms with Crippen LogP contribution in [0.1, 0.15) is 32.3 Å². The Morgan fingerprint density at radius 3 is 2.50 bits per heavy atom. The molecule has 0 aliphatic rings. The molecule has 1 rings (SSSR count). The van der Waals surface area contributed by atoms with Crippen molar-refractivity contribution >= 4 is 29.0 Å². The molecule has 0 aliphatic heterocycles. The lowest BCUT2D eigenvalue weighted by Gasteiger charge is -2.27. The number of alkyl halides is 1. The summed E-state index contributed by atoms with van der Waals surface area (Å²) in [4.78, 5) is 6.53. The predicted molar refractivity (Wildman–Crippen MR) is 71.6 cm³/mol. The summed E-state index contributed by atoms with van der Waals surface area (Å²) in [6, 6.07) is 2.48. The number of hydrogen-bond acceptors (Lipinski definition) is 2. The van der Waals surface area contributed by atoms with Crippen molar-refractivity contribution in [2.45, 2.75) is 38.6 Å². The molecule has 0 saturated heterocycles. The van der Waals surface area contributed by atoms with E-state index in [0.717, 1.165) is 24.2 Å². The maximum Gasteiger partial charge on any atom is 0.128 e. The zero-order chi connectivity index (χ0) is 12.1. The smallest absolute Gasteiger partial charge is 0.128 e. The van der Waals surface area contributed by atoms with Crippen molar-refractivity contribution in [1.29, 1.82) is 0 Å². The second-order valence-electron chi connectivity index (χ2n) is 3.85. The summed E-state index contributed by atoms with van der Waals surface area (Å²) >= 11 is 11.8. The molecule has 0 atom stereocenters. The van der Waals surface area contributed by atoms with Gasteiger partial charge in [0.2, 0.25) is 0 Å². The molecule has 90 valence electrons. The van der Waals surface area contributed by atoms with Gasteiger partial charge >= 0.3 is 0 Å². The minimum atomic E-state index is 0.422. The molecule has 0 bridgehead atoms. The third-order valence-corrected chi connectivity index (χ3v) is 3.54. The highest BCUT2D eigenvalue weighted by Gasteiger charge is 2.13. The molecule has 16 heavy (non-hydrogen) atoms. The van der Waals surface area contributed by atoms with Gasteiger partial charge in [-0.25, -0.2) is 4.98 Å². The zero-order valence-electron chi connectivity index (χ0n) is 10.0. The molecular formula is C12H18Cl2N2. The predicted octanol–water partition coefficient (Wildman–Crippen LogP) is 4.10. The first-order valence-corrected chi connectivity index (χ1v) is 6.48. The second kappa shape index (κ2) is 6.31. The lowest BCUT2D eigenvalue weighted by atomic mass is 10.1. The van der Waals surface area contributed by atoms with Crippen LogP contribution in [0.25, 0.3) is 0 Å². The van der Waals surface area contributed by atoms with Crippen molar-refractivity contribution in [3.63, 3.8) is 0 Å². The number of aromatic nitrogens is 1. The number of pyridine rings is 1. The number of rotatable bonds is 5. The van der Waals surface area contributed by atoms with Gasteiger partial charge in [0.1, 0.15) is 5.82 Å². The normalized spacial score (nSPS) is 10.9. The van der Waals surface area contributed by atoms with Gasteiger partial charge in [-0.05, 0) is 24.5 Å². The standard InChI is InChI=1S/C12H18Cl2N2/c1-4-10(5-2)16(3)12-6-9(7-13)11(14)8-15-12/h6,8,10H,4-5,7H2,1-3H3. The number of halogens is 2. The van der Waals surface area contributed by atoms with Gasteiger partial charge in [-0.2, -0.15) is 0 Å². The molecule has 0 fully saturated rings. The Kier molecular flexibility index (Phi) is 5.36. The first kappa shape index (κ1) is 13.6. The van der Waals surface area contributed by atoms with E-state index in [4.69, 9.17) is 23.2 Å². The van der Waals surface area contributed by atoms with Gasteiger partial charge < -0.3 is 4.90 Å². The minimum absolute atomic E-state index is 0.422. The van der Waals surface area contributed by atoms with E-state index in [0.29, 0.717) is 16.9 Å². The summed E-state index contributed by atoms with van der Waals surface area (Å²) in [5.74, 6) is 1.36. The second-order valence-corrected chi connectivity index (χ2v) is 4.52. The summed E-state index contributed by atoms with van der Waals surface area (Å²) in [6.45, 7) is 4.37. The van der Waals surface area contributed by atoms with Crippen molar-refractivity contribution in [3.05, 3.63) is 22.8 Å². The molecule has 1 aromatic rings. The van der Waals surface area contributed by atoms with Crippen LogP contribution in [0, 0.1) is 0 Å². The number of anilines is 1. The Labute approximate surface area is 108 Å². The Morgan fingerprint density at radius 1 is 1.38 bits per heavy atom. The molecule has 0 N–H and O–H groups in total. The zero-order valence-corrected chi connectivity index (χ0v) is 11.5. The Bertz CT molecular complexity index is 338. The monoisotopic (exact) mass is 260 g/mol. The van der Waals surface area contributed by atoms with Gasteiger partial charge in [-0.15, -0.1) is 11.6 Å². The van der Waals surface area contributed by atoms with Gasteiger partial charge in [0.25, 0.3) is 0 Å². The van der Waals surface area contributed by atoms with Gasteiger partial charge in [-0.3, -0.25) is 0 Å². The average molecular weight is 261 g/mol. The fourth-order valence-electron chi connectivity index (χ4n) is 1.79. The summed E-state index contributed by atoms with van der Waals surface area (Å²) in [7, 11) is 2.06. The van der Waals surface area contributed by atoms with Gasteiger partial charge in [0.05, 0.1) is 5.02 Å². The van der Waals surface area contributed by atoms with Gasteiger partial charge in [0.15, 0.2) is 0 Å². The van der Waals surface area contributed by atoms with E-state index < -0.39 is 0 Å². The third kappa shape index (κ3) is 3.02. The molecule has 0 aromatic carbocycles. The fraction of sp³-hybridized carbons (Fsp3) is 0.583. The molecule has 1 heterocycles. The SMILES string of the molecule is CCC(CC)N(C)c1cc(CCl)c(Cl)cn1. The summed E-state index contributed by atoms with van der Waals surface area (Å²) in [5.41, 5.74) is 0.936. The van der Waals surface area contributed by atoms with Crippen LogP contribution in [0.5, 0.6) is 0 Å². The van der Waals surface area contributed by atoms with Gasteiger partial charge in [0, 0.05) is 25.2 Å². The molecule has 0 radical (unpaired) electrons. The van der Waals surface area contributed by atoms with Gasteiger partial charge in [-0.1, -0.05) is 25.4 Å². The molecular weight excluding hydrogens is 243 g/mol. The minimum Gasteiger partial charge on any atom is -0.357 e. The van der Waals surface area contributed by atoms with Crippen molar-refractivity contribution < 1.29 is 0 Å². The molecule has 0 spiro atoms. The van der Waals surface area contributed by atoms with E-state index in [-0.39, 0.29) is 0 Å². The van der Waals surface area contributed by atoms with E-state index in [1.807, 2.05) is 6.07 Å². The van der Waals surface area contributed by atoms with Crippen LogP contribution in [0.3, 0.4) is 0 Å². The van der Waals surface area contributed by atoms with Crippen LogP contribution in [0.15, 0.2) is 12.3 Å². The Hall–Kier alpha value is -0.470. The number of nitrogens with zero attached hydrogens (tertiary/aromatic N) is 2. The highest BCUT2D eigenvalue weighted by atomic mass is 35.5. The maximum absolute atomic E-state index is 5.98. The molecule has 0 amide bonds. The quantitative estimate of drug-likeness (QED) is 0.742. The van der Waals surface area contributed by atoms with Crippen molar-refractivity contribution in [1.82, 2.24) is 4.98 Å². The molecule has 0 saturated carbocycles. The third-order valence-electron chi connectivity index (χ3n) is 2.92. The van der Waals surface area contributed by atoms with Crippen molar-refractivity contribution in [2.24, 2.45) is 0 Å². The molecule has 1 aromatic heterocycles. The summed E-state index contributed by atoms with van der Waals surface area (Å²) in [5, 5.41) is 0.636. The highest BCUT2D eigenvalue weighted by molar-refractivity contribution is 6.32. The molecule has 2 nitrogen and oxygen atoms in total. The van der Waals surface area contributed by atoms with Crippen LogP contribution in [-0.4, -0.2) is 18.1 Å². The van der Waals surface area contributed by atoms with Crippen LogP contribution < -0.4 is 4.90 Å². The highest BCUT2D eigenvalue weighted by Crippen LogP contribution is 2.23.